The number of nitrogens with zero attached hydrogens (tertiary/aromatic N) is 1. The Morgan fingerprint density at radius 3 is 2.89 bits per heavy atom. The van der Waals surface area contributed by atoms with E-state index in [0.717, 1.165) is 23.0 Å². The molecule has 0 aliphatic carbocycles. The minimum Gasteiger partial charge on any atom is -0.310 e. The molecule has 2 nitrogen and oxygen atoms in total. The van der Waals surface area contributed by atoms with Crippen molar-refractivity contribution in [2.24, 2.45) is 0 Å². The van der Waals surface area contributed by atoms with Gasteiger partial charge in [-0.3, -0.25) is 4.98 Å². The second kappa shape index (κ2) is 6.78. The molecule has 0 saturated carbocycles. The van der Waals surface area contributed by atoms with E-state index in [1.165, 1.54) is 6.20 Å². The van der Waals surface area contributed by atoms with Gasteiger partial charge in [0, 0.05) is 22.3 Å². The van der Waals surface area contributed by atoms with Crippen LogP contribution in [0.1, 0.15) is 24.1 Å². The predicted octanol–water partition coefficient (Wildman–Crippen LogP) is 3.88. The van der Waals surface area contributed by atoms with E-state index in [2.05, 4.69) is 32.3 Å². The summed E-state index contributed by atoms with van der Waals surface area (Å²) in [5.74, 6) is -0.261. The first-order valence-electron chi connectivity index (χ1n) is 6.28. The summed E-state index contributed by atoms with van der Waals surface area (Å²) in [4.78, 5) is 3.80. The van der Waals surface area contributed by atoms with Gasteiger partial charge in [-0.25, -0.2) is 4.39 Å². The highest BCUT2D eigenvalue weighted by atomic mass is 79.9. The molecule has 0 bridgehead atoms. The molecule has 0 amide bonds. The monoisotopic (exact) mass is 322 g/mol. The molecular formula is C15H16BrFN2. The predicted molar refractivity (Wildman–Crippen MR) is 78.5 cm³/mol. The molecule has 0 fully saturated rings. The number of hydrogen-bond donors (Lipinski definition) is 1. The van der Waals surface area contributed by atoms with Gasteiger partial charge in [0.1, 0.15) is 5.82 Å². The van der Waals surface area contributed by atoms with Crippen molar-refractivity contribution in [1.82, 2.24) is 10.3 Å². The maximum absolute atomic E-state index is 13.8. The zero-order valence-corrected chi connectivity index (χ0v) is 12.3. The quantitative estimate of drug-likeness (QED) is 0.903. The van der Waals surface area contributed by atoms with Gasteiger partial charge in [-0.2, -0.15) is 0 Å². The van der Waals surface area contributed by atoms with E-state index in [-0.39, 0.29) is 11.9 Å². The van der Waals surface area contributed by atoms with Crippen molar-refractivity contribution in [3.8, 4) is 0 Å². The van der Waals surface area contributed by atoms with E-state index < -0.39 is 0 Å². The lowest BCUT2D eigenvalue weighted by Gasteiger charge is -2.19. The normalized spacial score (nSPS) is 12.4. The van der Waals surface area contributed by atoms with E-state index in [9.17, 15) is 4.39 Å². The van der Waals surface area contributed by atoms with Crippen LogP contribution in [0, 0.1) is 5.82 Å². The molecule has 2 aromatic rings. The Balaban J connectivity index is 2.24. The average molecular weight is 323 g/mol. The number of nitrogens with one attached hydrogen (secondary N) is 1. The Labute approximate surface area is 121 Å². The molecule has 4 heteroatoms. The van der Waals surface area contributed by atoms with E-state index in [1.54, 1.807) is 12.3 Å². The number of pyridine rings is 1. The second-order valence-electron chi connectivity index (χ2n) is 4.34. The lowest BCUT2D eigenvalue weighted by molar-refractivity contribution is 0.507. The first-order valence-corrected chi connectivity index (χ1v) is 7.07. The van der Waals surface area contributed by atoms with Gasteiger partial charge < -0.3 is 5.32 Å². The molecule has 19 heavy (non-hydrogen) atoms. The van der Waals surface area contributed by atoms with Gasteiger partial charge in [0.25, 0.3) is 0 Å². The highest BCUT2D eigenvalue weighted by Gasteiger charge is 2.15. The molecule has 1 aromatic carbocycles. The third kappa shape index (κ3) is 3.85. The first kappa shape index (κ1) is 14.2. The highest BCUT2D eigenvalue weighted by molar-refractivity contribution is 9.10. The third-order valence-electron chi connectivity index (χ3n) is 2.96. The van der Waals surface area contributed by atoms with Crippen LogP contribution < -0.4 is 5.32 Å². The average Bonchev–Trinajstić information content (AvgIpc) is 2.39. The molecule has 1 heterocycles. The number of rotatable bonds is 5. The molecule has 0 radical (unpaired) electrons. The fourth-order valence-corrected chi connectivity index (χ4v) is 2.55. The zero-order chi connectivity index (χ0) is 13.7. The largest absolute Gasteiger partial charge is 0.310 e. The smallest absolute Gasteiger partial charge is 0.146 e. The van der Waals surface area contributed by atoms with E-state index in [1.807, 2.05) is 25.1 Å². The molecule has 1 atom stereocenters. The molecule has 2 rings (SSSR count). The van der Waals surface area contributed by atoms with Crippen molar-refractivity contribution in [3.05, 3.63) is 64.1 Å². The fraction of sp³-hybridized carbons (Fsp3) is 0.267. The van der Waals surface area contributed by atoms with Gasteiger partial charge in [-0.1, -0.05) is 35.0 Å². The number of benzene rings is 1. The van der Waals surface area contributed by atoms with Crippen molar-refractivity contribution in [1.29, 1.82) is 0 Å². The van der Waals surface area contributed by atoms with Gasteiger partial charge >= 0.3 is 0 Å². The zero-order valence-electron chi connectivity index (χ0n) is 10.7. The summed E-state index contributed by atoms with van der Waals surface area (Å²) in [6, 6.07) is 9.78. The molecule has 0 saturated heterocycles. The van der Waals surface area contributed by atoms with Crippen molar-refractivity contribution in [3.63, 3.8) is 0 Å². The van der Waals surface area contributed by atoms with E-state index >= 15 is 0 Å². The van der Waals surface area contributed by atoms with Crippen molar-refractivity contribution < 1.29 is 4.39 Å². The van der Waals surface area contributed by atoms with Gasteiger partial charge in [-0.15, -0.1) is 0 Å². The molecular weight excluding hydrogens is 307 g/mol. The van der Waals surface area contributed by atoms with Crippen molar-refractivity contribution >= 4 is 15.9 Å². The maximum atomic E-state index is 13.8. The molecule has 100 valence electrons. The van der Waals surface area contributed by atoms with E-state index in [4.69, 9.17) is 0 Å². The molecule has 0 aliphatic heterocycles. The Hall–Kier alpha value is -1.26. The summed E-state index contributed by atoms with van der Waals surface area (Å²) in [5.41, 5.74) is 1.83. The van der Waals surface area contributed by atoms with Gasteiger partial charge in [0.15, 0.2) is 0 Å². The number of aromatic nitrogens is 1. The summed E-state index contributed by atoms with van der Waals surface area (Å²) in [6.07, 6.45) is 3.64. The summed E-state index contributed by atoms with van der Waals surface area (Å²) < 4.78 is 14.9. The summed E-state index contributed by atoms with van der Waals surface area (Å²) in [6.45, 7) is 2.81. The van der Waals surface area contributed by atoms with E-state index in [0.29, 0.717) is 5.56 Å². The molecule has 0 aliphatic rings. The van der Waals surface area contributed by atoms with Crippen molar-refractivity contribution in [2.75, 3.05) is 6.54 Å². The number of halogens is 2. The van der Waals surface area contributed by atoms with Crippen LogP contribution in [0.4, 0.5) is 4.39 Å². The summed E-state index contributed by atoms with van der Waals surface area (Å²) in [7, 11) is 0. The maximum Gasteiger partial charge on any atom is 0.146 e. The van der Waals surface area contributed by atoms with Crippen LogP contribution in [0.3, 0.4) is 0 Å². The van der Waals surface area contributed by atoms with Gasteiger partial charge in [-0.05, 0) is 36.7 Å². The van der Waals surface area contributed by atoms with Crippen LogP contribution in [0.5, 0.6) is 0 Å². The number of hydrogen-bond acceptors (Lipinski definition) is 2. The second-order valence-corrected chi connectivity index (χ2v) is 5.26. The SMILES string of the molecule is CCNC(Cc1cccc(Br)c1)c1ccncc1F. The molecule has 1 unspecified atom stereocenters. The highest BCUT2D eigenvalue weighted by Crippen LogP contribution is 2.22. The standard InChI is InChI=1S/C15H16BrFN2/c1-2-19-15(13-6-7-18-10-14(13)17)9-11-4-3-5-12(16)8-11/h3-8,10,15,19H,2,9H2,1H3. The summed E-state index contributed by atoms with van der Waals surface area (Å²) in [5, 5.41) is 3.32. The van der Waals surface area contributed by atoms with Crippen LogP contribution in [0.15, 0.2) is 47.2 Å². The fourth-order valence-electron chi connectivity index (χ4n) is 2.11. The van der Waals surface area contributed by atoms with Gasteiger partial charge in [0.2, 0.25) is 0 Å². The Morgan fingerprint density at radius 1 is 1.37 bits per heavy atom. The van der Waals surface area contributed by atoms with Crippen LogP contribution in [0.2, 0.25) is 0 Å². The van der Waals surface area contributed by atoms with Crippen LogP contribution in [0.25, 0.3) is 0 Å². The molecule has 1 N–H and O–H groups in total. The minimum atomic E-state index is -0.261. The van der Waals surface area contributed by atoms with Crippen LogP contribution >= 0.6 is 15.9 Å². The lowest BCUT2D eigenvalue weighted by atomic mass is 9.99. The third-order valence-corrected chi connectivity index (χ3v) is 3.45. The Bertz CT molecular complexity index is 545. The van der Waals surface area contributed by atoms with Gasteiger partial charge in [0.05, 0.1) is 6.20 Å². The van der Waals surface area contributed by atoms with Crippen molar-refractivity contribution in [2.45, 2.75) is 19.4 Å². The topological polar surface area (TPSA) is 24.9 Å². The first-order chi connectivity index (χ1) is 9.20. The summed E-state index contributed by atoms with van der Waals surface area (Å²) >= 11 is 3.46. The Morgan fingerprint density at radius 2 is 2.21 bits per heavy atom. The van der Waals surface area contributed by atoms with Crippen LogP contribution in [-0.4, -0.2) is 11.5 Å². The minimum absolute atomic E-state index is 0.0395. The number of likely N-dealkylation sites (N-methyl/N-ethyl adjacent to an activating group) is 1. The lowest BCUT2D eigenvalue weighted by Crippen LogP contribution is -2.24. The Kier molecular flexibility index (Phi) is 5.05. The molecule has 0 spiro atoms. The van der Waals surface area contributed by atoms with Crippen LogP contribution in [-0.2, 0) is 6.42 Å². The molecule has 1 aromatic heterocycles.